The molecule has 0 aromatic rings. The van der Waals surface area contributed by atoms with Gasteiger partial charge < -0.3 is 0 Å². The zero-order chi connectivity index (χ0) is 4.57. The Hall–Kier alpha value is -0.660. The third kappa shape index (κ3) is 0.263. The minimum absolute atomic E-state index is 0.741. The molecule has 2 heteroatoms. The van der Waals surface area contributed by atoms with Gasteiger partial charge in [-0.25, -0.2) is 8.78 Å². The first-order valence-electron chi connectivity index (χ1n) is 1.54. The van der Waals surface area contributed by atoms with Crippen LogP contribution >= 0.6 is 0 Å². The summed E-state index contributed by atoms with van der Waals surface area (Å²) < 4.78 is 22.7. The Bertz CT molecular complexity index is 108. The molecule has 0 aliphatic heterocycles. The summed E-state index contributed by atoms with van der Waals surface area (Å²) in [7, 11) is 0. The van der Waals surface area contributed by atoms with Crippen molar-refractivity contribution >= 4 is 0 Å². The molecule has 0 unspecified atom stereocenters. The molecule has 1 aliphatic carbocycles. The molecule has 1 rings (SSSR count). The van der Waals surface area contributed by atoms with Gasteiger partial charge in [0.1, 0.15) is 0 Å². The van der Waals surface area contributed by atoms with Gasteiger partial charge in [-0.2, -0.15) is 0 Å². The second-order valence-electron chi connectivity index (χ2n) is 1.03. The van der Waals surface area contributed by atoms with Crippen molar-refractivity contribution < 1.29 is 8.78 Å². The van der Waals surface area contributed by atoms with Crippen LogP contribution in [0.2, 0.25) is 0 Å². The summed E-state index contributed by atoms with van der Waals surface area (Å²) >= 11 is 0. The summed E-state index contributed by atoms with van der Waals surface area (Å²) in [5.41, 5.74) is 0. The molecule has 0 saturated heterocycles. The Balaban J connectivity index is 2.71. The van der Waals surface area contributed by atoms with Crippen LogP contribution in [0.3, 0.4) is 0 Å². The summed E-state index contributed by atoms with van der Waals surface area (Å²) in [5.74, 6) is -1.48. The molecule has 0 fully saturated rings. The topological polar surface area (TPSA) is 0 Å². The van der Waals surface area contributed by atoms with Crippen LogP contribution in [0.1, 0.15) is 0 Å². The van der Waals surface area contributed by atoms with Crippen molar-refractivity contribution in [3.63, 3.8) is 0 Å². The van der Waals surface area contributed by atoms with Crippen LogP contribution in [0.5, 0.6) is 0 Å². The highest BCUT2D eigenvalue weighted by Crippen LogP contribution is 2.19. The van der Waals surface area contributed by atoms with E-state index in [-0.39, 0.29) is 0 Å². The lowest BCUT2D eigenvalue weighted by atomic mass is 10.2. The predicted molar refractivity (Wildman–Crippen MR) is 18.4 cm³/mol. The summed E-state index contributed by atoms with van der Waals surface area (Å²) in [6, 6.07) is 0. The van der Waals surface area contributed by atoms with Crippen LogP contribution in [0.4, 0.5) is 8.78 Å². The smallest absolute Gasteiger partial charge is 0.158 e. The third-order valence-corrected chi connectivity index (χ3v) is 0.604. The van der Waals surface area contributed by atoms with Gasteiger partial charge in [0.25, 0.3) is 0 Å². The fraction of sp³-hybridized carbons (Fsp3) is 0. The average Bonchev–Trinajstić information content (AvgIpc) is 1.61. The van der Waals surface area contributed by atoms with Gasteiger partial charge in [0.2, 0.25) is 0 Å². The van der Waals surface area contributed by atoms with E-state index in [1.165, 1.54) is 0 Å². The quantitative estimate of drug-likeness (QED) is 0.422. The van der Waals surface area contributed by atoms with E-state index < -0.39 is 11.7 Å². The van der Waals surface area contributed by atoms with E-state index in [4.69, 9.17) is 0 Å². The fourth-order valence-electron chi connectivity index (χ4n) is 0.209. The Kier molecular flexibility index (Phi) is 0.528. The van der Waals surface area contributed by atoms with Gasteiger partial charge in [-0.3, -0.25) is 0 Å². The number of allylic oxidation sites excluding steroid dienone is 4. The molecule has 0 saturated carbocycles. The Morgan fingerprint density at radius 2 is 1.33 bits per heavy atom. The molecule has 0 heterocycles. The molecule has 0 N–H and O–H groups in total. The normalized spacial score (nSPS) is 18.3. The molecule has 0 amide bonds. The maximum atomic E-state index is 11.3. The Labute approximate surface area is 33.8 Å². The van der Waals surface area contributed by atoms with Gasteiger partial charge in [0, 0.05) is 0 Å². The van der Waals surface area contributed by atoms with E-state index in [1.54, 1.807) is 0 Å². The lowest BCUT2D eigenvalue weighted by molar-refractivity contribution is 0.555. The van der Waals surface area contributed by atoms with E-state index in [9.17, 15) is 8.78 Å². The van der Waals surface area contributed by atoms with Crippen molar-refractivity contribution in [3.8, 4) is 0 Å². The summed E-state index contributed by atoms with van der Waals surface area (Å²) in [5, 5.41) is 0. The van der Waals surface area contributed by atoms with Gasteiger partial charge >= 0.3 is 0 Å². The lowest BCUT2D eigenvalue weighted by Gasteiger charge is -1.94. The van der Waals surface area contributed by atoms with Crippen molar-refractivity contribution in [1.29, 1.82) is 0 Å². The maximum Gasteiger partial charge on any atom is 0.158 e. The highest BCUT2D eigenvalue weighted by atomic mass is 19.2. The van der Waals surface area contributed by atoms with Crippen molar-refractivity contribution in [2.45, 2.75) is 0 Å². The van der Waals surface area contributed by atoms with Gasteiger partial charge in [0.15, 0.2) is 11.7 Å². The first-order chi connectivity index (χ1) is 2.80. The lowest BCUT2D eigenvalue weighted by Crippen LogP contribution is -1.80. The maximum absolute atomic E-state index is 11.3. The van der Waals surface area contributed by atoms with Gasteiger partial charge in [0.05, 0.1) is 0 Å². The van der Waals surface area contributed by atoms with E-state index in [2.05, 4.69) is 0 Å². The zero-order valence-corrected chi connectivity index (χ0v) is 2.91. The van der Waals surface area contributed by atoms with Gasteiger partial charge in [-0.15, -0.1) is 0 Å². The van der Waals surface area contributed by atoms with Crippen LogP contribution in [-0.2, 0) is 0 Å². The molecule has 0 bridgehead atoms. The largest absolute Gasteiger partial charge is 0.204 e. The first kappa shape index (κ1) is 3.53. The van der Waals surface area contributed by atoms with Crippen molar-refractivity contribution in [3.05, 3.63) is 23.8 Å². The van der Waals surface area contributed by atoms with Crippen molar-refractivity contribution in [2.24, 2.45) is 0 Å². The molecule has 0 spiro atoms. The van der Waals surface area contributed by atoms with Crippen molar-refractivity contribution in [2.75, 3.05) is 0 Å². The van der Waals surface area contributed by atoms with E-state index in [0.717, 1.165) is 12.2 Å². The number of hydrogen-bond donors (Lipinski definition) is 0. The van der Waals surface area contributed by atoms with Gasteiger partial charge in [-0.1, -0.05) is 0 Å². The summed E-state index contributed by atoms with van der Waals surface area (Å²) in [6.45, 7) is 0. The molecule has 0 radical (unpaired) electrons. The number of halogens is 2. The fourth-order valence-corrected chi connectivity index (χ4v) is 0.209. The number of hydrogen-bond acceptors (Lipinski definition) is 0. The third-order valence-electron chi connectivity index (χ3n) is 0.604. The number of rotatable bonds is 0. The Morgan fingerprint density at radius 3 is 1.33 bits per heavy atom. The highest BCUT2D eigenvalue weighted by molar-refractivity contribution is 5.35. The Morgan fingerprint density at radius 1 is 1.00 bits per heavy atom. The highest BCUT2D eigenvalue weighted by Gasteiger charge is 2.05. The second-order valence-corrected chi connectivity index (χ2v) is 1.03. The molecule has 0 nitrogen and oxygen atoms in total. The molecule has 0 aromatic heterocycles. The van der Waals surface area contributed by atoms with Crippen molar-refractivity contribution in [1.82, 2.24) is 0 Å². The minimum atomic E-state index is -0.741. The zero-order valence-electron chi connectivity index (χ0n) is 2.91. The van der Waals surface area contributed by atoms with E-state index in [1.807, 2.05) is 0 Å². The van der Waals surface area contributed by atoms with Gasteiger partial charge in [-0.05, 0) is 12.2 Å². The summed E-state index contributed by atoms with van der Waals surface area (Å²) in [4.78, 5) is 0. The van der Waals surface area contributed by atoms with Crippen LogP contribution in [-0.4, -0.2) is 0 Å². The first-order valence-corrected chi connectivity index (χ1v) is 1.54. The predicted octanol–water partition coefficient (Wildman–Crippen LogP) is 1.71. The van der Waals surface area contributed by atoms with Crippen LogP contribution in [0.25, 0.3) is 0 Å². The van der Waals surface area contributed by atoms with Crippen LogP contribution < -0.4 is 0 Å². The molecule has 0 aromatic carbocycles. The molecule has 32 valence electrons. The molecule has 1 aliphatic rings. The average molecular weight is 88.1 g/mol. The SMILES string of the molecule is FC1=C(F)C=C1. The van der Waals surface area contributed by atoms with E-state index >= 15 is 0 Å². The monoisotopic (exact) mass is 88.0 g/mol. The summed E-state index contributed by atoms with van der Waals surface area (Å²) in [6.07, 6.45) is 2.16. The molecular weight excluding hydrogens is 86.0 g/mol. The molecule has 6 heavy (non-hydrogen) atoms. The molecule has 0 atom stereocenters. The van der Waals surface area contributed by atoms with Crippen LogP contribution in [0, 0.1) is 0 Å². The van der Waals surface area contributed by atoms with E-state index in [0.29, 0.717) is 0 Å². The second kappa shape index (κ2) is 0.899. The van der Waals surface area contributed by atoms with Crippen LogP contribution in [0.15, 0.2) is 23.8 Å². The minimum Gasteiger partial charge on any atom is -0.204 e. The molecular formula is C4H2F2. The standard InChI is InChI=1S/C4H2F2/c5-3-1-2-4(3)6/h1-2H.